The minimum atomic E-state index is -0.00871. The summed E-state index contributed by atoms with van der Waals surface area (Å²) in [5, 5.41) is 0.753. The second kappa shape index (κ2) is 9.39. The first-order valence-corrected chi connectivity index (χ1v) is 11.4. The van der Waals surface area contributed by atoms with Gasteiger partial charge in [0, 0.05) is 10.7 Å². The Morgan fingerprint density at radius 2 is 1.93 bits per heavy atom. The van der Waals surface area contributed by atoms with Crippen molar-refractivity contribution in [3.8, 4) is 5.75 Å². The molecule has 2 heterocycles. The van der Waals surface area contributed by atoms with Crippen molar-refractivity contribution in [2.45, 2.75) is 0 Å². The number of benzene rings is 2. The zero-order valence-electron chi connectivity index (χ0n) is 16.6. The normalized spacial score (nSPS) is 19.1. The molecule has 0 bridgehead atoms. The molecular formula is C22H23ClN3O2S2+. The molecule has 0 radical (unpaired) electrons. The Morgan fingerprint density at radius 1 is 1.20 bits per heavy atom. The fourth-order valence-electron chi connectivity index (χ4n) is 3.62. The van der Waals surface area contributed by atoms with E-state index in [1.54, 1.807) is 12.0 Å². The number of quaternary nitrogens is 1. The number of carbonyl (C=O) groups excluding carboxylic acids is 1. The van der Waals surface area contributed by atoms with Crippen LogP contribution in [0.2, 0.25) is 5.02 Å². The number of nitrogens with zero attached hydrogens (tertiary/aromatic N) is 2. The molecular weight excluding hydrogens is 438 g/mol. The summed E-state index contributed by atoms with van der Waals surface area (Å²) in [5.74, 6) is 0.783. The van der Waals surface area contributed by atoms with Crippen molar-refractivity contribution in [1.29, 1.82) is 0 Å². The molecule has 5 nitrogen and oxygen atoms in total. The third-order valence-corrected chi connectivity index (χ3v) is 6.93. The molecule has 0 aromatic heterocycles. The number of thioether (sulfide) groups is 1. The molecule has 8 heteroatoms. The molecule has 2 aliphatic heterocycles. The number of halogens is 1. The molecule has 2 saturated heterocycles. The zero-order chi connectivity index (χ0) is 21.1. The third-order valence-electron chi connectivity index (χ3n) is 5.31. The molecule has 156 valence electrons. The maximum Gasteiger partial charge on any atom is 0.270 e. The predicted molar refractivity (Wildman–Crippen MR) is 127 cm³/mol. The molecule has 1 N–H and O–H groups in total. The van der Waals surface area contributed by atoms with Crippen molar-refractivity contribution < 1.29 is 14.4 Å². The first-order chi connectivity index (χ1) is 14.5. The molecule has 0 aliphatic carbocycles. The minimum absolute atomic E-state index is 0.00871. The summed E-state index contributed by atoms with van der Waals surface area (Å²) < 4.78 is 5.82. The van der Waals surface area contributed by atoms with E-state index in [1.807, 2.05) is 48.5 Å². The van der Waals surface area contributed by atoms with Gasteiger partial charge < -0.3 is 14.5 Å². The molecule has 30 heavy (non-hydrogen) atoms. The summed E-state index contributed by atoms with van der Waals surface area (Å²) in [6.07, 6.45) is 1.89. The second-order valence-electron chi connectivity index (χ2n) is 7.26. The number of hydrogen-bond donors (Lipinski definition) is 1. The van der Waals surface area contributed by atoms with Gasteiger partial charge in [0.05, 0.1) is 38.2 Å². The number of anilines is 1. The van der Waals surface area contributed by atoms with Gasteiger partial charge in [-0.3, -0.25) is 4.79 Å². The number of nitrogens with one attached hydrogen (secondary N) is 1. The molecule has 2 aliphatic rings. The SMILES string of the molecule is COc1ccc(/C=C2/SC(=S)N(C[NH+]3CCN(c4cccc(Cl)c4)CC3)C2=O)cc1. The lowest BCUT2D eigenvalue weighted by Gasteiger charge is -2.35. The lowest BCUT2D eigenvalue weighted by molar-refractivity contribution is -0.907. The molecule has 4 rings (SSSR count). The highest BCUT2D eigenvalue weighted by atomic mass is 35.5. The fourth-order valence-corrected chi connectivity index (χ4v) is 5.06. The van der Waals surface area contributed by atoms with E-state index < -0.39 is 0 Å². The van der Waals surface area contributed by atoms with E-state index in [9.17, 15) is 4.79 Å². The van der Waals surface area contributed by atoms with Crippen molar-refractivity contribution in [1.82, 2.24) is 4.90 Å². The van der Waals surface area contributed by atoms with Crippen molar-refractivity contribution in [3.05, 3.63) is 64.0 Å². The van der Waals surface area contributed by atoms with Gasteiger partial charge in [-0.2, -0.15) is 0 Å². The number of hydrogen-bond acceptors (Lipinski definition) is 5. The lowest BCUT2D eigenvalue weighted by Crippen LogP contribution is -3.16. The van der Waals surface area contributed by atoms with E-state index in [1.165, 1.54) is 16.7 Å². The number of methoxy groups -OCH3 is 1. The molecule has 2 aromatic carbocycles. The Balaban J connectivity index is 1.36. The Morgan fingerprint density at radius 3 is 2.60 bits per heavy atom. The first kappa shape index (κ1) is 21.2. The Bertz CT molecular complexity index is 973. The van der Waals surface area contributed by atoms with Crippen LogP contribution in [0.1, 0.15) is 5.56 Å². The molecule has 0 unspecified atom stereocenters. The maximum absolute atomic E-state index is 12.9. The number of ether oxygens (including phenoxy) is 1. The summed E-state index contributed by atoms with van der Waals surface area (Å²) in [7, 11) is 1.64. The van der Waals surface area contributed by atoms with Crippen LogP contribution in [0.4, 0.5) is 5.69 Å². The van der Waals surface area contributed by atoms with Crippen LogP contribution in [-0.4, -0.2) is 55.1 Å². The number of carbonyl (C=O) groups is 1. The minimum Gasteiger partial charge on any atom is -0.497 e. The summed E-state index contributed by atoms with van der Waals surface area (Å²) in [6.45, 7) is 4.34. The lowest BCUT2D eigenvalue weighted by atomic mass is 10.2. The second-order valence-corrected chi connectivity index (χ2v) is 9.37. The molecule has 0 atom stereocenters. The van der Waals surface area contributed by atoms with Crippen molar-refractivity contribution in [3.63, 3.8) is 0 Å². The van der Waals surface area contributed by atoms with Gasteiger partial charge in [0.2, 0.25) is 0 Å². The monoisotopic (exact) mass is 460 g/mol. The number of rotatable bonds is 5. The van der Waals surface area contributed by atoms with Crippen LogP contribution in [0, 0.1) is 0 Å². The Kier molecular flexibility index (Phi) is 6.63. The zero-order valence-corrected chi connectivity index (χ0v) is 19.0. The summed E-state index contributed by atoms with van der Waals surface area (Å²) >= 11 is 13.0. The highest BCUT2D eigenvalue weighted by molar-refractivity contribution is 8.26. The third kappa shape index (κ3) is 4.81. The van der Waals surface area contributed by atoms with Gasteiger partial charge in [-0.15, -0.1) is 0 Å². The van der Waals surface area contributed by atoms with Crippen molar-refractivity contribution in [2.75, 3.05) is 44.9 Å². The summed E-state index contributed by atoms with van der Waals surface area (Å²) in [6, 6.07) is 15.6. The van der Waals surface area contributed by atoms with E-state index in [0.29, 0.717) is 15.9 Å². The van der Waals surface area contributed by atoms with Gasteiger partial charge in [-0.25, -0.2) is 4.90 Å². The molecule has 2 aromatic rings. The van der Waals surface area contributed by atoms with Crippen molar-refractivity contribution in [2.24, 2.45) is 0 Å². The average molecular weight is 461 g/mol. The van der Waals surface area contributed by atoms with Crippen LogP contribution < -0.4 is 14.5 Å². The summed E-state index contributed by atoms with van der Waals surface area (Å²) in [5.41, 5.74) is 2.10. The van der Waals surface area contributed by atoms with E-state index in [4.69, 9.17) is 28.6 Å². The highest BCUT2D eigenvalue weighted by Crippen LogP contribution is 2.32. The fraction of sp³-hybridized carbons (Fsp3) is 0.273. The van der Waals surface area contributed by atoms with Crippen LogP contribution in [0.25, 0.3) is 6.08 Å². The largest absolute Gasteiger partial charge is 0.497 e. The van der Waals surface area contributed by atoms with Gasteiger partial charge in [-0.1, -0.05) is 53.8 Å². The predicted octanol–water partition coefficient (Wildman–Crippen LogP) is 2.91. The van der Waals surface area contributed by atoms with Crippen LogP contribution in [0.15, 0.2) is 53.4 Å². The average Bonchev–Trinajstić information content (AvgIpc) is 3.02. The van der Waals surface area contributed by atoms with Gasteiger partial charge in [-0.05, 0) is 42.0 Å². The molecule has 1 amide bonds. The van der Waals surface area contributed by atoms with Crippen LogP contribution in [0.5, 0.6) is 5.75 Å². The smallest absolute Gasteiger partial charge is 0.270 e. The Labute approximate surface area is 191 Å². The van der Waals surface area contributed by atoms with Gasteiger partial charge >= 0.3 is 0 Å². The van der Waals surface area contributed by atoms with Crippen LogP contribution >= 0.6 is 35.6 Å². The molecule has 2 fully saturated rings. The highest BCUT2D eigenvalue weighted by Gasteiger charge is 2.35. The number of piperazine rings is 1. The number of amides is 1. The van der Waals surface area contributed by atoms with E-state index >= 15 is 0 Å². The maximum atomic E-state index is 12.9. The molecule has 0 spiro atoms. The summed E-state index contributed by atoms with van der Waals surface area (Å²) in [4.78, 5) is 19.0. The van der Waals surface area contributed by atoms with E-state index in [0.717, 1.165) is 48.2 Å². The Hall–Kier alpha value is -2.06. The van der Waals surface area contributed by atoms with E-state index in [2.05, 4.69) is 11.0 Å². The van der Waals surface area contributed by atoms with Gasteiger partial charge in [0.1, 0.15) is 5.75 Å². The van der Waals surface area contributed by atoms with E-state index in [-0.39, 0.29) is 5.91 Å². The van der Waals surface area contributed by atoms with Gasteiger partial charge in [0.25, 0.3) is 5.91 Å². The molecule has 0 saturated carbocycles. The van der Waals surface area contributed by atoms with Gasteiger partial charge in [0.15, 0.2) is 11.0 Å². The van der Waals surface area contributed by atoms with Crippen molar-refractivity contribution >= 4 is 57.6 Å². The quantitative estimate of drug-likeness (QED) is 0.548. The topological polar surface area (TPSA) is 37.2 Å². The standard InChI is InChI=1S/C22H22ClN3O2S2/c1-28-19-7-5-16(6-8-19)13-20-21(27)26(22(29)30-20)15-24-9-11-25(12-10-24)18-4-2-3-17(23)14-18/h2-8,13-14H,9-12,15H2,1H3/p+1/b20-13+. The van der Waals surface area contributed by atoms with Crippen LogP contribution in [0.3, 0.4) is 0 Å². The van der Waals surface area contributed by atoms with Crippen LogP contribution in [-0.2, 0) is 4.79 Å². The number of thiocarbonyl (C=S) groups is 1. The first-order valence-electron chi connectivity index (χ1n) is 9.77.